The smallest absolute Gasteiger partial charge is 0.223 e. The van der Waals surface area contributed by atoms with Gasteiger partial charge in [0, 0.05) is 19.2 Å². The number of amides is 1. The Balaban J connectivity index is 1.95. The topological polar surface area (TPSA) is 46.3 Å². The molecule has 1 aromatic rings. The summed E-state index contributed by atoms with van der Waals surface area (Å²) in [7, 11) is 1.90. The van der Waals surface area contributed by atoms with Crippen LogP contribution in [0.2, 0.25) is 0 Å². The maximum absolute atomic E-state index is 12.4. The molecule has 4 heteroatoms. The van der Waals surface area contributed by atoms with Crippen LogP contribution in [-0.2, 0) is 4.79 Å². The summed E-state index contributed by atoms with van der Waals surface area (Å²) in [4.78, 5) is 14.3. The molecule has 1 fully saturated rings. The lowest BCUT2D eigenvalue weighted by atomic mass is 9.97. The van der Waals surface area contributed by atoms with Crippen molar-refractivity contribution in [3.8, 4) is 0 Å². The van der Waals surface area contributed by atoms with Crippen LogP contribution in [0.3, 0.4) is 0 Å². The fourth-order valence-electron chi connectivity index (χ4n) is 2.60. The average molecular weight is 292 g/mol. The van der Waals surface area contributed by atoms with Crippen LogP contribution in [0.4, 0.5) is 5.69 Å². The van der Waals surface area contributed by atoms with Crippen LogP contribution < -0.4 is 5.73 Å². The molecule has 0 bridgehead atoms. The van der Waals surface area contributed by atoms with Gasteiger partial charge in [-0.2, -0.15) is 11.8 Å². The van der Waals surface area contributed by atoms with Crippen molar-refractivity contribution < 1.29 is 4.79 Å². The largest absolute Gasteiger partial charge is 0.399 e. The van der Waals surface area contributed by atoms with E-state index in [9.17, 15) is 4.79 Å². The Morgan fingerprint density at radius 3 is 2.80 bits per heavy atom. The normalized spacial score (nSPS) is 17.7. The molecule has 0 spiro atoms. The van der Waals surface area contributed by atoms with Crippen LogP contribution in [0.1, 0.15) is 37.8 Å². The van der Waals surface area contributed by atoms with Gasteiger partial charge in [0.25, 0.3) is 0 Å². The van der Waals surface area contributed by atoms with E-state index in [2.05, 4.69) is 6.92 Å². The number of nitrogens with two attached hydrogens (primary N) is 1. The van der Waals surface area contributed by atoms with E-state index >= 15 is 0 Å². The third-order valence-corrected chi connectivity index (χ3v) is 5.22. The van der Waals surface area contributed by atoms with Crippen molar-refractivity contribution in [1.82, 2.24) is 4.90 Å². The molecule has 1 heterocycles. The first-order valence-electron chi connectivity index (χ1n) is 7.26. The standard InChI is InChI=1S/C16H24N2OS/c1-12(14-4-3-5-15(17)11-14)18(2)16(19)10-13-6-8-20-9-7-13/h3-5,11-13H,6-10,17H2,1-2H3. The second kappa shape index (κ2) is 7.02. The Labute approximate surface area is 125 Å². The Kier molecular flexibility index (Phi) is 5.35. The molecule has 1 atom stereocenters. The Morgan fingerprint density at radius 1 is 1.45 bits per heavy atom. The number of nitrogens with zero attached hydrogens (tertiary/aromatic N) is 1. The molecule has 1 unspecified atom stereocenters. The van der Waals surface area contributed by atoms with E-state index in [0.717, 1.165) is 11.3 Å². The highest BCUT2D eigenvalue weighted by molar-refractivity contribution is 7.99. The highest BCUT2D eigenvalue weighted by atomic mass is 32.2. The van der Waals surface area contributed by atoms with E-state index in [0.29, 0.717) is 12.3 Å². The summed E-state index contributed by atoms with van der Waals surface area (Å²) in [5.74, 6) is 3.22. The van der Waals surface area contributed by atoms with Gasteiger partial charge in [-0.1, -0.05) is 12.1 Å². The van der Waals surface area contributed by atoms with Crippen molar-refractivity contribution >= 4 is 23.4 Å². The number of anilines is 1. The van der Waals surface area contributed by atoms with Crippen molar-refractivity contribution in [2.45, 2.75) is 32.2 Å². The third kappa shape index (κ3) is 3.92. The van der Waals surface area contributed by atoms with Crippen molar-refractivity contribution in [2.75, 3.05) is 24.3 Å². The summed E-state index contributed by atoms with van der Waals surface area (Å²) in [6.45, 7) is 2.06. The second-order valence-electron chi connectivity index (χ2n) is 5.61. The minimum atomic E-state index is 0.0731. The monoisotopic (exact) mass is 292 g/mol. The first kappa shape index (κ1) is 15.2. The molecule has 0 radical (unpaired) electrons. The lowest BCUT2D eigenvalue weighted by Gasteiger charge is -2.28. The van der Waals surface area contributed by atoms with Gasteiger partial charge in [0.05, 0.1) is 6.04 Å². The van der Waals surface area contributed by atoms with Crippen LogP contribution >= 0.6 is 11.8 Å². The molecular weight excluding hydrogens is 268 g/mol. The van der Waals surface area contributed by atoms with Crippen molar-refractivity contribution in [2.24, 2.45) is 5.92 Å². The van der Waals surface area contributed by atoms with Crippen LogP contribution in [-0.4, -0.2) is 29.4 Å². The molecular formula is C16H24N2OS. The molecule has 2 N–H and O–H groups in total. The highest BCUT2D eigenvalue weighted by Crippen LogP contribution is 2.27. The van der Waals surface area contributed by atoms with Crippen molar-refractivity contribution in [1.29, 1.82) is 0 Å². The van der Waals surface area contributed by atoms with Gasteiger partial charge in [0.15, 0.2) is 0 Å². The number of carbonyl (C=O) groups is 1. The number of thioether (sulfide) groups is 1. The van der Waals surface area contributed by atoms with Gasteiger partial charge in [-0.05, 0) is 54.9 Å². The van der Waals surface area contributed by atoms with Crippen LogP contribution in [0.15, 0.2) is 24.3 Å². The molecule has 20 heavy (non-hydrogen) atoms. The Morgan fingerprint density at radius 2 is 2.15 bits per heavy atom. The average Bonchev–Trinajstić information content (AvgIpc) is 2.46. The Hall–Kier alpha value is -1.16. The SMILES string of the molecule is CC(c1cccc(N)c1)N(C)C(=O)CC1CCSCC1. The van der Waals surface area contributed by atoms with E-state index in [1.807, 2.05) is 48.0 Å². The van der Waals surface area contributed by atoms with E-state index in [4.69, 9.17) is 5.73 Å². The lowest BCUT2D eigenvalue weighted by molar-refractivity contribution is -0.132. The minimum Gasteiger partial charge on any atom is -0.399 e. The molecule has 2 rings (SSSR count). The predicted molar refractivity (Wildman–Crippen MR) is 86.7 cm³/mol. The number of nitrogen functional groups attached to an aromatic ring is 1. The fourth-order valence-corrected chi connectivity index (χ4v) is 3.80. The first-order valence-corrected chi connectivity index (χ1v) is 8.42. The number of hydrogen-bond donors (Lipinski definition) is 1. The van der Waals surface area contributed by atoms with Crippen molar-refractivity contribution in [3.05, 3.63) is 29.8 Å². The van der Waals surface area contributed by atoms with Gasteiger partial charge >= 0.3 is 0 Å². The summed E-state index contributed by atoms with van der Waals surface area (Å²) < 4.78 is 0. The molecule has 3 nitrogen and oxygen atoms in total. The lowest BCUT2D eigenvalue weighted by Crippen LogP contribution is -2.31. The predicted octanol–water partition coefficient (Wildman–Crippen LogP) is 3.32. The molecule has 1 aromatic carbocycles. The Bertz CT molecular complexity index is 458. The number of rotatable bonds is 4. The second-order valence-corrected chi connectivity index (χ2v) is 6.84. The zero-order valence-electron chi connectivity index (χ0n) is 12.3. The zero-order chi connectivity index (χ0) is 14.5. The summed E-state index contributed by atoms with van der Waals surface area (Å²) in [6.07, 6.45) is 3.04. The molecule has 110 valence electrons. The maximum Gasteiger partial charge on any atom is 0.223 e. The molecule has 1 amide bonds. The first-order chi connectivity index (χ1) is 9.58. The summed E-state index contributed by atoms with van der Waals surface area (Å²) in [5, 5.41) is 0. The molecule has 1 aliphatic rings. The number of carbonyl (C=O) groups excluding carboxylic acids is 1. The van der Waals surface area contributed by atoms with Crippen LogP contribution in [0.5, 0.6) is 0 Å². The van der Waals surface area contributed by atoms with Gasteiger partial charge in [-0.3, -0.25) is 4.79 Å². The van der Waals surface area contributed by atoms with Crippen molar-refractivity contribution in [3.63, 3.8) is 0 Å². The molecule has 0 aromatic heterocycles. The quantitative estimate of drug-likeness (QED) is 0.866. The van der Waals surface area contributed by atoms with Gasteiger partial charge in [0.2, 0.25) is 5.91 Å². The summed E-state index contributed by atoms with van der Waals surface area (Å²) in [5.41, 5.74) is 7.66. The van der Waals surface area contributed by atoms with Gasteiger partial charge in [-0.15, -0.1) is 0 Å². The summed E-state index contributed by atoms with van der Waals surface area (Å²) >= 11 is 2.00. The summed E-state index contributed by atoms with van der Waals surface area (Å²) in [6, 6.07) is 7.87. The molecule has 0 aliphatic carbocycles. The van der Waals surface area contributed by atoms with E-state index in [-0.39, 0.29) is 11.9 Å². The van der Waals surface area contributed by atoms with Gasteiger partial charge in [-0.25, -0.2) is 0 Å². The minimum absolute atomic E-state index is 0.0731. The molecule has 1 aliphatic heterocycles. The highest BCUT2D eigenvalue weighted by Gasteiger charge is 2.22. The molecule has 1 saturated heterocycles. The van der Waals surface area contributed by atoms with E-state index in [1.165, 1.54) is 24.3 Å². The fraction of sp³-hybridized carbons (Fsp3) is 0.562. The maximum atomic E-state index is 12.4. The van der Waals surface area contributed by atoms with Gasteiger partial charge < -0.3 is 10.6 Å². The number of benzene rings is 1. The number of hydrogen-bond acceptors (Lipinski definition) is 3. The van der Waals surface area contributed by atoms with Gasteiger partial charge in [0.1, 0.15) is 0 Å². The molecule has 0 saturated carbocycles. The van der Waals surface area contributed by atoms with Crippen LogP contribution in [0.25, 0.3) is 0 Å². The third-order valence-electron chi connectivity index (χ3n) is 4.17. The van der Waals surface area contributed by atoms with E-state index in [1.54, 1.807) is 0 Å². The van der Waals surface area contributed by atoms with E-state index < -0.39 is 0 Å². The van der Waals surface area contributed by atoms with Crippen LogP contribution in [0, 0.1) is 5.92 Å². The zero-order valence-corrected chi connectivity index (χ0v) is 13.2.